The third-order valence-corrected chi connectivity index (χ3v) is 5.52. The largest absolute Gasteiger partial charge is 0.495 e. The lowest BCUT2D eigenvalue weighted by Gasteiger charge is -2.21. The molecule has 0 saturated heterocycles. The summed E-state index contributed by atoms with van der Waals surface area (Å²) in [6.07, 6.45) is 4.65. The van der Waals surface area contributed by atoms with Crippen LogP contribution in [0, 0.1) is 0 Å². The normalized spacial score (nSPS) is 13.5. The van der Waals surface area contributed by atoms with Crippen molar-refractivity contribution in [3.05, 3.63) is 47.0 Å². The fraction of sp³-hybridized carbons (Fsp3) is 0.375. The van der Waals surface area contributed by atoms with Crippen LogP contribution in [0.2, 0.25) is 0 Å². The number of carbonyl (C=O) groups excluding carboxylic acids is 1. The molecule has 0 radical (unpaired) electrons. The van der Waals surface area contributed by atoms with Gasteiger partial charge in [0.05, 0.1) is 40.7 Å². The molecule has 1 aliphatic carbocycles. The molecule has 1 aliphatic rings. The van der Waals surface area contributed by atoms with Crippen LogP contribution in [0.5, 0.6) is 23.0 Å². The molecule has 9 heteroatoms. The molecule has 33 heavy (non-hydrogen) atoms. The molecule has 0 fully saturated rings. The molecule has 3 rings (SSSR count). The van der Waals surface area contributed by atoms with Crippen LogP contribution in [0.3, 0.4) is 0 Å². The van der Waals surface area contributed by atoms with Gasteiger partial charge in [0.25, 0.3) is 0 Å². The number of anilines is 1. The number of methoxy groups -OCH3 is 4. The number of nitrogens with one attached hydrogen (secondary N) is 1. The summed E-state index contributed by atoms with van der Waals surface area (Å²) in [5.41, 5.74) is 10.1. The first-order valence-corrected chi connectivity index (χ1v) is 10.4. The second-order valence-corrected chi connectivity index (χ2v) is 7.37. The average molecular weight is 479 g/mol. The van der Waals surface area contributed by atoms with E-state index in [0.717, 1.165) is 41.5 Å². The van der Waals surface area contributed by atoms with Crippen molar-refractivity contribution < 1.29 is 28.8 Å². The van der Waals surface area contributed by atoms with Gasteiger partial charge in [0.1, 0.15) is 11.8 Å². The Balaban J connectivity index is 0.00000385. The van der Waals surface area contributed by atoms with Crippen molar-refractivity contribution in [2.75, 3.05) is 40.4 Å². The van der Waals surface area contributed by atoms with Crippen LogP contribution in [0.1, 0.15) is 29.5 Å². The number of carbonyl (C=O) groups is 1. The minimum Gasteiger partial charge on any atom is -0.495 e. The van der Waals surface area contributed by atoms with Gasteiger partial charge in [0.15, 0.2) is 11.5 Å². The predicted molar refractivity (Wildman–Crippen MR) is 130 cm³/mol. The van der Waals surface area contributed by atoms with Crippen molar-refractivity contribution in [3.63, 3.8) is 0 Å². The number of benzene rings is 2. The van der Waals surface area contributed by atoms with E-state index in [4.69, 9.17) is 24.7 Å². The van der Waals surface area contributed by atoms with Crippen molar-refractivity contribution in [1.82, 2.24) is 0 Å². The Bertz CT molecular complexity index is 999. The summed E-state index contributed by atoms with van der Waals surface area (Å²) in [6, 6.07) is 6.59. The van der Waals surface area contributed by atoms with Gasteiger partial charge in [-0.15, -0.1) is 12.4 Å². The summed E-state index contributed by atoms with van der Waals surface area (Å²) in [5.74, 6) is 1.71. The standard InChI is InChI=1S/C24H30N2O6.ClH/c1-29-19-10-9-16-15(14-11-20(30-2)23(32-4)21(12-14)31-3)7-5-6-8-17(16)22(19)26-24(28)18(25)13-27;/h7,9-12,18,27H,5-6,8,13,25H2,1-4H3,(H,26,28);1H/t18-;/m0./s1. The summed E-state index contributed by atoms with van der Waals surface area (Å²) in [7, 11) is 6.29. The van der Waals surface area contributed by atoms with Gasteiger partial charge in [-0.1, -0.05) is 12.1 Å². The van der Waals surface area contributed by atoms with Crippen molar-refractivity contribution in [2.24, 2.45) is 5.73 Å². The molecule has 1 atom stereocenters. The third-order valence-electron chi connectivity index (χ3n) is 5.52. The highest BCUT2D eigenvalue weighted by atomic mass is 35.5. The van der Waals surface area contributed by atoms with Gasteiger partial charge in [0.2, 0.25) is 11.7 Å². The minimum absolute atomic E-state index is 0. The van der Waals surface area contributed by atoms with E-state index in [-0.39, 0.29) is 12.4 Å². The number of aliphatic hydroxyl groups excluding tert-OH is 1. The van der Waals surface area contributed by atoms with Crippen LogP contribution in [0.25, 0.3) is 5.57 Å². The van der Waals surface area contributed by atoms with Gasteiger partial charge in [-0.05, 0) is 59.7 Å². The lowest BCUT2D eigenvalue weighted by Crippen LogP contribution is -2.38. The number of rotatable bonds is 8. The van der Waals surface area contributed by atoms with Crippen LogP contribution < -0.4 is 30.0 Å². The van der Waals surface area contributed by atoms with Crippen LogP contribution in [-0.4, -0.2) is 52.1 Å². The Kier molecular flexibility index (Phi) is 9.40. The van der Waals surface area contributed by atoms with Gasteiger partial charge in [0, 0.05) is 0 Å². The summed E-state index contributed by atoms with van der Waals surface area (Å²) < 4.78 is 22.0. The van der Waals surface area contributed by atoms with Crippen molar-refractivity contribution >= 4 is 29.6 Å². The molecule has 1 amide bonds. The highest BCUT2D eigenvalue weighted by molar-refractivity contribution is 5.98. The van der Waals surface area contributed by atoms with E-state index in [1.54, 1.807) is 28.4 Å². The smallest absolute Gasteiger partial charge is 0.243 e. The number of allylic oxidation sites excluding steroid dienone is 1. The molecule has 0 saturated carbocycles. The summed E-state index contributed by atoms with van der Waals surface area (Å²) in [5, 5.41) is 12.1. The zero-order valence-corrected chi connectivity index (χ0v) is 20.1. The zero-order chi connectivity index (χ0) is 23.3. The molecule has 0 aromatic heterocycles. The van der Waals surface area contributed by atoms with Crippen molar-refractivity contribution in [1.29, 1.82) is 0 Å². The van der Waals surface area contributed by atoms with E-state index in [9.17, 15) is 9.90 Å². The fourth-order valence-corrected chi connectivity index (χ4v) is 3.89. The van der Waals surface area contributed by atoms with Crippen molar-refractivity contribution in [3.8, 4) is 23.0 Å². The fourth-order valence-electron chi connectivity index (χ4n) is 3.89. The van der Waals surface area contributed by atoms with E-state index in [0.29, 0.717) is 28.7 Å². The molecule has 4 N–H and O–H groups in total. The number of nitrogens with two attached hydrogens (primary N) is 1. The molecular weight excluding hydrogens is 448 g/mol. The molecule has 0 heterocycles. The summed E-state index contributed by atoms with van der Waals surface area (Å²) >= 11 is 0. The van der Waals surface area contributed by atoms with Crippen LogP contribution in [0.15, 0.2) is 30.3 Å². The number of halogens is 1. The topological polar surface area (TPSA) is 112 Å². The van der Waals surface area contributed by atoms with E-state index in [1.807, 2.05) is 24.3 Å². The average Bonchev–Trinajstić information content (AvgIpc) is 3.05. The predicted octanol–water partition coefficient (Wildman–Crippen LogP) is 3.17. The maximum absolute atomic E-state index is 12.5. The third kappa shape index (κ3) is 5.35. The van der Waals surface area contributed by atoms with Crippen LogP contribution in [0.4, 0.5) is 5.69 Å². The van der Waals surface area contributed by atoms with E-state index >= 15 is 0 Å². The van der Waals surface area contributed by atoms with Gasteiger partial charge in [-0.2, -0.15) is 0 Å². The van der Waals surface area contributed by atoms with Crippen LogP contribution >= 0.6 is 12.4 Å². The first kappa shape index (κ1) is 26.3. The molecule has 0 spiro atoms. The monoisotopic (exact) mass is 478 g/mol. The first-order chi connectivity index (χ1) is 15.5. The quantitative estimate of drug-likeness (QED) is 0.534. The first-order valence-electron chi connectivity index (χ1n) is 10.4. The highest BCUT2D eigenvalue weighted by Gasteiger charge is 2.24. The minimum atomic E-state index is -1.02. The number of aliphatic hydroxyl groups is 1. The molecule has 0 aliphatic heterocycles. The van der Waals surface area contributed by atoms with E-state index in [1.165, 1.54) is 0 Å². The maximum Gasteiger partial charge on any atom is 0.243 e. The number of hydrogen-bond donors (Lipinski definition) is 3. The molecule has 0 bridgehead atoms. The second-order valence-electron chi connectivity index (χ2n) is 7.37. The molecule has 180 valence electrons. The Morgan fingerprint density at radius 2 is 1.70 bits per heavy atom. The Labute approximate surface area is 200 Å². The lowest BCUT2D eigenvalue weighted by molar-refractivity contribution is -0.118. The lowest BCUT2D eigenvalue weighted by atomic mass is 9.91. The maximum atomic E-state index is 12.5. The number of fused-ring (bicyclic) bond motifs is 1. The molecule has 2 aromatic rings. The second kappa shape index (κ2) is 11.8. The Hall–Kier alpha value is -2.94. The van der Waals surface area contributed by atoms with Crippen LogP contribution in [-0.2, 0) is 11.2 Å². The van der Waals surface area contributed by atoms with Gasteiger partial charge >= 0.3 is 0 Å². The molecule has 8 nitrogen and oxygen atoms in total. The van der Waals surface area contributed by atoms with Gasteiger partial charge in [-0.25, -0.2) is 0 Å². The summed E-state index contributed by atoms with van der Waals surface area (Å²) in [4.78, 5) is 12.5. The number of ether oxygens (including phenoxy) is 4. The van der Waals surface area contributed by atoms with E-state index in [2.05, 4.69) is 11.4 Å². The van der Waals surface area contributed by atoms with Gasteiger partial charge < -0.3 is 35.1 Å². The summed E-state index contributed by atoms with van der Waals surface area (Å²) in [6.45, 7) is -0.445. The Morgan fingerprint density at radius 3 is 2.24 bits per heavy atom. The van der Waals surface area contributed by atoms with Gasteiger partial charge in [-0.3, -0.25) is 4.79 Å². The molecular formula is C24H31ClN2O6. The SMILES string of the molecule is COc1ccc2c(c1NC(=O)[C@@H](N)CO)CCCC=C2c1cc(OC)c(OC)c(OC)c1.Cl. The van der Waals surface area contributed by atoms with Crippen molar-refractivity contribution in [2.45, 2.75) is 25.3 Å². The zero-order valence-electron chi connectivity index (χ0n) is 19.3. The molecule has 2 aromatic carbocycles. The van der Waals surface area contributed by atoms with E-state index < -0.39 is 18.6 Å². The molecule has 0 unspecified atom stereocenters. The number of amides is 1. The number of hydrogen-bond acceptors (Lipinski definition) is 7. The Morgan fingerprint density at radius 1 is 1.06 bits per heavy atom. The highest BCUT2D eigenvalue weighted by Crippen LogP contribution is 2.44.